The van der Waals surface area contributed by atoms with E-state index in [1.165, 1.54) is 29.8 Å². The minimum Gasteiger partial charge on any atom is -0.274 e. The molecular formula is C18H27N3O3S. The standard InChI is InChI=1S/C18H27N3O3S/c1-25(23,24)20-13-10-15(11-14-20)18(22)21-12-6-5-9-17(21)19-16-7-3-2-4-8-16/h5-6,9,12,15-16H,2-4,7-8,10-11,13-14H2,1H3. The van der Waals surface area contributed by atoms with Crippen LogP contribution >= 0.6 is 0 Å². The number of hydrogen-bond acceptors (Lipinski definition) is 4. The molecule has 1 aliphatic heterocycles. The molecule has 0 spiro atoms. The lowest BCUT2D eigenvalue weighted by Gasteiger charge is -2.29. The van der Waals surface area contributed by atoms with E-state index in [9.17, 15) is 13.2 Å². The quantitative estimate of drug-likeness (QED) is 0.823. The molecule has 138 valence electrons. The van der Waals surface area contributed by atoms with E-state index in [4.69, 9.17) is 4.99 Å². The van der Waals surface area contributed by atoms with E-state index in [1.807, 2.05) is 18.2 Å². The van der Waals surface area contributed by atoms with Gasteiger partial charge in [-0.05, 0) is 37.8 Å². The normalized spacial score (nSPS) is 22.2. The highest BCUT2D eigenvalue weighted by Gasteiger charge is 2.29. The van der Waals surface area contributed by atoms with E-state index in [2.05, 4.69) is 0 Å². The van der Waals surface area contributed by atoms with Crippen molar-refractivity contribution in [2.45, 2.75) is 51.0 Å². The molecular weight excluding hydrogens is 338 g/mol. The summed E-state index contributed by atoms with van der Waals surface area (Å²) >= 11 is 0. The Morgan fingerprint density at radius 2 is 1.76 bits per heavy atom. The Kier molecular flexibility index (Phi) is 5.74. The summed E-state index contributed by atoms with van der Waals surface area (Å²) in [5, 5.41) is 0. The van der Waals surface area contributed by atoms with Gasteiger partial charge in [-0.25, -0.2) is 12.7 Å². The Hall–Kier alpha value is -1.47. The van der Waals surface area contributed by atoms with E-state index < -0.39 is 10.0 Å². The first-order valence-corrected chi connectivity index (χ1v) is 11.0. The van der Waals surface area contributed by atoms with Crippen molar-refractivity contribution in [3.05, 3.63) is 29.9 Å². The van der Waals surface area contributed by atoms with Crippen molar-refractivity contribution in [2.24, 2.45) is 10.9 Å². The van der Waals surface area contributed by atoms with Gasteiger partial charge in [0.25, 0.3) is 0 Å². The van der Waals surface area contributed by atoms with Crippen LogP contribution in [-0.4, -0.2) is 48.6 Å². The van der Waals surface area contributed by atoms with Gasteiger partial charge in [0.15, 0.2) is 0 Å². The first-order chi connectivity index (χ1) is 11.9. The van der Waals surface area contributed by atoms with Crippen LogP contribution in [0.3, 0.4) is 0 Å². The molecule has 1 saturated carbocycles. The minimum atomic E-state index is -3.17. The topological polar surface area (TPSA) is 71.7 Å². The molecule has 0 radical (unpaired) electrons. The van der Waals surface area contributed by atoms with Crippen LogP contribution < -0.4 is 5.49 Å². The van der Waals surface area contributed by atoms with Gasteiger partial charge in [0.1, 0.15) is 5.49 Å². The lowest BCUT2D eigenvalue weighted by atomic mass is 9.96. The summed E-state index contributed by atoms with van der Waals surface area (Å²) in [6.07, 6.45) is 10.0. The molecule has 0 aromatic carbocycles. The summed E-state index contributed by atoms with van der Waals surface area (Å²) in [4.78, 5) is 17.8. The van der Waals surface area contributed by atoms with Crippen LogP contribution in [0.4, 0.5) is 0 Å². The number of aromatic nitrogens is 1. The highest BCUT2D eigenvalue weighted by Crippen LogP contribution is 2.21. The average molecular weight is 365 g/mol. The minimum absolute atomic E-state index is 0.0308. The molecule has 0 bridgehead atoms. The van der Waals surface area contributed by atoms with E-state index in [0.717, 1.165) is 18.3 Å². The largest absolute Gasteiger partial charge is 0.274 e. The number of carbonyl (C=O) groups excluding carboxylic acids is 1. The molecule has 1 aromatic heterocycles. The fourth-order valence-corrected chi connectivity index (χ4v) is 4.63. The molecule has 0 atom stereocenters. The fourth-order valence-electron chi connectivity index (χ4n) is 3.75. The fraction of sp³-hybridized carbons (Fsp3) is 0.667. The molecule has 25 heavy (non-hydrogen) atoms. The van der Waals surface area contributed by atoms with E-state index in [0.29, 0.717) is 32.0 Å². The van der Waals surface area contributed by atoms with Crippen LogP contribution in [0.1, 0.15) is 49.7 Å². The molecule has 3 rings (SSSR count). The third-order valence-electron chi connectivity index (χ3n) is 5.24. The van der Waals surface area contributed by atoms with Crippen LogP contribution in [0, 0.1) is 5.92 Å². The number of carbonyl (C=O) groups is 1. The molecule has 1 aromatic rings. The zero-order valence-corrected chi connectivity index (χ0v) is 15.6. The molecule has 7 heteroatoms. The van der Waals surface area contributed by atoms with Crippen molar-refractivity contribution < 1.29 is 13.2 Å². The number of piperidine rings is 1. The van der Waals surface area contributed by atoms with Gasteiger partial charge in [0.2, 0.25) is 15.9 Å². The summed E-state index contributed by atoms with van der Waals surface area (Å²) in [7, 11) is -3.17. The lowest BCUT2D eigenvalue weighted by molar-refractivity contribution is 0.0781. The first kappa shape index (κ1) is 18.3. The molecule has 1 saturated heterocycles. The van der Waals surface area contributed by atoms with Crippen molar-refractivity contribution in [2.75, 3.05) is 19.3 Å². The first-order valence-electron chi connectivity index (χ1n) is 9.16. The molecule has 6 nitrogen and oxygen atoms in total. The predicted octanol–water partition coefficient (Wildman–Crippen LogP) is 2.03. The third-order valence-corrected chi connectivity index (χ3v) is 6.54. The van der Waals surface area contributed by atoms with Gasteiger partial charge in [0.05, 0.1) is 12.3 Å². The van der Waals surface area contributed by atoms with Gasteiger partial charge in [0, 0.05) is 25.2 Å². The van der Waals surface area contributed by atoms with Crippen molar-refractivity contribution in [1.29, 1.82) is 0 Å². The van der Waals surface area contributed by atoms with Gasteiger partial charge in [-0.3, -0.25) is 14.4 Å². The van der Waals surface area contributed by atoms with Gasteiger partial charge in [-0.1, -0.05) is 25.3 Å². The van der Waals surface area contributed by atoms with Crippen LogP contribution in [-0.2, 0) is 10.0 Å². The Balaban J connectivity index is 1.76. The van der Waals surface area contributed by atoms with Crippen LogP contribution in [0.25, 0.3) is 0 Å². The number of sulfonamides is 1. The Morgan fingerprint density at radius 1 is 1.08 bits per heavy atom. The second-order valence-electron chi connectivity index (χ2n) is 7.12. The molecule has 0 N–H and O–H groups in total. The number of hydrogen-bond donors (Lipinski definition) is 0. The zero-order valence-electron chi connectivity index (χ0n) is 14.8. The number of nitrogens with zero attached hydrogens (tertiary/aromatic N) is 3. The maximum Gasteiger partial charge on any atom is 0.235 e. The summed E-state index contributed by atoms with van der Waals surface area (Å²) < 4.78 is 26.4. The highest BCUT2D eigenvalue weighted by atomic mass is 32.2. The molecule has 2 aliphatic rings. The Labute approximate surface area is 149 Å². The second-order valence-corrected chi connectivity index (χ2v) is 9.11. The average Bonchev–Trinajstić information content (AvgIpc) is 2.62. The van der Waals surface area contributed by atoms with Crippen molar-refractivity contribution in [3.8, 4) is 0 Å². The van der Waals surface area contributed by atoms with Crippen molar-refractivity contribution in [3.63, 3.8) is 0 Å². The third kappa shape index (κ3) is 4.58. The number of pyridine rings is 1. The SMILES string of the molecule is CS(=O)(=O)N1CCC(C(=O)n2ccccc2=NC2CCCCC2)CC1. The summed E-state index contributed by atoms with van der Waals surface area (Å²) in [6.45, 7) is 0.829. The van der Waals surface area contributed by atoms with E-state index in [1.54, 1.807) is 10.8 Å². The molecule has 0 unspecified atom stereocenters. The number of rotatable bonds is 3. The van der Waals surface area contributed by atoms with Crippen LogP contribution in [0.5, 0.6) is 0 Å². The summed E-state index contributed by atoms with van der Waals surface area (Å²) in [5.41, 5.74) is 0.727. The second kappa shape index (κ2) is 7.83. The maximum absolute atomic E-state index is 13.0. The summed E-state index contributed by atoms with van der Waals surface area (Å²) in [6, 6.07) is 5.97. The van der Waals surface area contributed by atoms with E-state index >= 15 is 0 Å². The smallest absolute Gasteiger partial charge is 0.235 e. The predicted molar refractivity (Wildman–Crippen MR) is 96.6 cm³/mol. The van der Waals surface area contributed by atoms with Gasteiger partial charge < -0.3 is 0 Å². The molecule has 2 heterocycles. The van der Waals surface area contributed by atoms with Crippen LogP contribution in [0.2, 0.25) is 0 Å². The van der Waals surface area contributed by atoms with Crippen molar-refractivity contribution in [1.82, 2.24) is 8.87 Å². The Morgan fingerprint density at radius 3 is 2.40 bits per heavy atom. The lowest BCUT2D eigenvalue weighted by Crippen LogP contribution is -2.42. The summed E-state index contributed by atoms with van der Waals surface area (Å²) in [5.74, 6) is -0.117. The van der Waals surface area contributed by atoms with Crippen molar-refractivity contribution >= 4 is 15.9 Å². The van der Waals surface area contributed by atoms with Crippen LogP contribution in [0.15, 0.2) is 29.4 Å². The molecule has 2 fully saturated rings. The zero-order chi connectivity index (χ0) is 17.9. The van der Waals surface area contributed by atoms with Gasteiger partial charge >= 0.3 is 0 Å². The van der Waals surface area contributed by atoms with Gasteiger partial charge in [-0.15, -0.1) is 0 Å². The highest BCUT2D eigenvalue weighted by molar-refractivity contribution is 7.88. The van der Waals surface area contributed by atoms with E-state index in [-0.39, 0.29) is 11.8 Å². The molecule has 1 aliphatic carbocycles. The maximum atomic E-state index is 13.0. The monoisotopic (exact) mass is 365 g/mol. The van der Waals surface area contributed by atoms with Gasteiger partial charge in [-0.2, -0.15) is 0 Å². The molecule has 0 amide bonds. The Bertz CT molecular complexity index is 771.